The average molecular weight is 306 g/mol. The third-order valence-corrected chi connectivity index (χ3v) is 4.70. The quantitative estimate of drug-likeness (QED) is 0.204. The number of carbonyl (C=O) groups excluding carboxylic acids is 1. The Morgan fingerprint density at radius 2 is 1.95 bits per heavy atom. The van der Waals surface area contributed by atoms with Crippen molar-refractivity contribution in [3.8, 4) is 0 Å². The molecule has 2 nitrogen and oxygen atoms in total. The largest absolute Gasteiger partial charge is 0.513 e. The summed E-state index contributed by atoms with van der Waals surface area (Å²) in [4.78, 5) is 10.3. The first-order valence-electron chi connectivity index (χ1n) is 9.26. The minimum Gasteiger partial charge on any atom is -0.513 e. The molecule has 0 amide bonds. The summed E-state index contributed by atoms with van der Waals surface area (Å²) in [6.07, 6.45) is 21.0. The zero-order valence-corrected chi connectivity index (χ0v) is 14.3. The second-order valence-corrected chi connectivity index (χ2v) is 6.63. The number of aldehydes is 1. The summed E-state index contributed by atoms with van der Waals surface area (Å²) in [5.41, 5.74) is 0. The molecule has 1 unspecified atom stereocenters. The molecule has 0 aromatic rings. The van der Waals surface area contributed by atoms with E-state index in [1.54, 1.807) is 0 Å². The Morgan fingerprint density at radius 3 is 2.73 bits per heavy atom. The van der Waals surface area contributed by atoms with Gasteiger partial charge in [0.25, 0.3) is 0 Å². The van der Waals surface area contributed by atoms with E-state index < -0.39 is 0 Å². The summed E-state index contributed by atoms with van der Waals surface area (Å²) >= 11 is 0. The van der Waals surface area contributed by atoms with Gasteiger partial charge in [0.1, 0.15) is 6.29 Å². The van der Waals surface area contributed by atoms with Crippen molar-refractivity contribution in [3.63, 3.8) is 0 Å². The highest BCUT2D eigenvalue weighted by molar-refractivity contribution is 5.49. The molecule has 1 aliphatic carbocycles. The van der Waals surface area contributed by atoms with Crippen molar-refractivity contribution in [2.24, 2.45) is 11.8 Å². The molecule has 22 heavy (non-hydrogen) atoms. The molecule has 0 saturated heterocycles. The molecule has 0 bridgehead atoms. The van der Waals surface area contributed by atoms with Gasteiger partial charge in [-0.25, -0.2) is 0 Å². The third kappa shape index (κ3) is 8.41. The molecule has 1 aliphatic rings. The standard InChI is InChI=1S/C20H34O2/c1-2-3-4-5-6-8-12-18-13-11-14-19(18)17-20(22)15-9-7-10-16-21/h8,12,15-16,18-19,22H,2-7,9-11,13-14,17H2,1H3/b12-8+,20-15-/t18?,19-/m1/s1. The first kappa shape index (κ1) is 19.0. The molecule has 0 aromatic heterocycles. The van der Waals surface area contributed by atoms with Gasteiger partial charge in [0, 0.05) is 12.8 Å². The lowest BCUT2D eigenvalue weighted by Gasteiger charge is -2.15. The van der Waals surface area contributed by atoms with Crippen LogP contribution in [0.5, 0.6) is 0 Å². The first-order valence-corrected chi connectivity index (χ1v) is 9.26. The van der Waals surface area contributed by atoms with Gasteiger partial charge < -0.3 is 9.90 Å². The van der Waals surface area contributed by atoms with E-state index in [-0.39, 0.29) is 0 Å². The van der Waals surface area contributed by atoms with Crippen molar-refractivity contribution >= 4 is 6.29 Å². The van der Waals surface area contributed by atoms with Gasteiger partial charge in [-0.2, -0.15) is 0 Å². The predicted molar refractivity (Wildman–Crippen MR) is 94.0 cm³/mol. The molecule has 1 N–H and O–H groups in total. The molecule has 1 rings (SSSR count). The number of hydrogen-bond acceptors (Lipinski definition) is 2. The topological polar surface area (TPSA) is 37.3 Å². The van der Waals surface area contributed by atoms with Crippen LogP contribution < -0.4 is 0 Å². The Labute approximate surface area is 136 Å². The monoisotopic (exact) mass is 306 g/mol. The van der Waals surface area contributed by atoms with E-state index in [0.717, 1.165) is 25.5 Å². The number of aliphatic hydroxyl groups excluding tert-OH is 1. The Kier molecular flexibility index (Phi) is 10.8. The van der Waals surface area contributed by atoms with Gasteiger partial charge in [0.15, 0.2) is 0 Å². The van der Waals surface area contributed by atoms with Gasteiger partial charge >= 0.3 is 0 Å². The van der Waals surface area contributed by atoms with E-state index in [9.17, 15) is 9.90 Å². The van der Waals surface area contributed by atoms with Crippen molar-refractivity contribution in [2.75, 3.05) is 0 Å². The molecule has 0 aliphatic heterocycles. The maximum atomic E-state index is 10.3. The number of allylic oxidation sites excluding steroid dienone is 4. The summed E-state index contributed by atoms with van der Waals surface area (Å²) < 4.78 is 0. The molecule has 0 spiro atoms. The van der Waals surface area contributed by atoms with Crippen LogP contribution in [0.3, 0.4) is 0 Å². The summed E-state index contributed by atoms with van der Waals surface area (Å²) in [6, 6.07) is 0. The predicted octanol–water partition coefficient (Wildman–Crippen LogP) is 6.13. The van der Waals surface area contributed by atoms with Crippen molar-refractivity contribution in [1.82, 2.24) is 0 Å². The smallest absolute Gasteiger partial charge is 0.120 e. The van der Waals surface area contributed by atoms with E-state index in [0.29, 0.717) is 24.0 Å². The zero-order chi connectivity index (χ0) is 16.0. The van der Waals surface area contributed by atoms with Crippen molar-refractivity contribution in [3.05, 3.63) is 24.0 Å². The molecular weight excluding hydrogens is 272 g/mol. The van der Waals surface area contributed by atoms with Crippen molar-refractivity contribution in [2.45, 2.75) is 84.0 Å². The lowest BCUT2D eigenvalue weighted by molar-refractivity contribution is -0.107. The highest BCUT2D eigenvalue weighted by Crippen LogP contribution is 2.36. The Balaban J connectivity index is 2.26. The van der Waals surface area contributed by atoms with E-state index in [1.165, 1.54) is 51.4 Å². The maximum Gasteiger partial charge on any atom is 0.120 e. The van der Waals surface area contributed by atoms with E-state index >= 15 is 0 Å². The summed E-state index contributed by atoms with van der Waals surface area (Å²) in [7, 11) is 0. The SMILES string of the molecule is CCCCCC/C=C/C1CCC[C@@H]1C/C(O)=C/CCCC=O. The van der Waals surface area contributed by atoms with Crippen LogP contribution in [0.1, 0.15) is 84.0 Å². The van der Waals surface area contributed by atoms with Gasteiger partial charge in [-0.1, -0.05) is 44.8 Å². The summed E-state index contributed by atoms with van der Waals surface area (Å²) in [6.45, 7) is 2.25. The molecule has 126 valence electrons. The Morgan fingerprint density at radius 1 is 1.09 bits per heavy atom. The minimum absolute atomic E-state index is 0.527. The van der Waals surface area contributed by atoms with Gasteiger partial charge in [0.05, 0.1) is 5.76 Å². The van der Waals surface area contributed by atoms with Gasteiger partial charge in [-0.05, 0) is 56.4 Å². The van der Waals surface area contributed by atoms with Crippen LogP contribution in [0.4, 0.5) is 0 Å². The van der Waals surface area contributed by atoms with E-state index in [2.05, 4.69) is 19.1 Å². The van der Waals surface area contributed by atoms with Gasteiger partial charge in [-0.3, -0.25) is 0 Å². The molecule has 2 heteroatoms. The Hall–Kier alpha value is -1.05. The summed E-state index contributed by atoms with van der Waals surface area (Å²) in [5, 5.41) is 10.0. The van der Waals surface area contributed by atoms with Crippen LogP contribution in [0.2, 0.25) is 0 Å². The van der Waals surface area contributed by atoms with Crippen LogP contribution in [0.25, 0.3) is 0 Å². The minimum atomic E-state index is 0.527. The fourth-order valence-electron chi connectivity index (χ4n) is 3.35. The number of unbranched alkanes of at least 4 members (excludes halogenated alkanes) is 6. The van der Waals surface area contributed by atoms with E-state index in [1.807, 2.05) is 6.08 Å². The molecule has 0 radical (unpaired) electrons. The highest BCUT2D eigenvalue weighted by atomic mass is 16.3. The van der Waals surface area contributed by atoms with E-state index in [4.69, 9.17) is 0 Å². The molecule has 1 fully saturated rings. The van der Waals surface area contributed by atoms with Crippen LogP contribution in [0.15, 0.2) is 24.0 Å². The molecular formula is C20H34O2. The fourth-order valence-corrected chi connectivity index (χ4v) is 3.35. The van der Waals surface area contributed by atoms with Crippen LogP contribution in [-0.4, -0.2) is 11.4 Å². The normalized spacial score (nSPS) is 22.5. The highest BCUT2D eigenvalue weighted by Gasteiger charge is 2.25. The number of carbonyl (C=O) groups is 1. The lowest BCUT2D eigenvalue weighted by Crippen LogP contribution is -2.06. The van der Waals surface area contributed by atoms with Crippen LogP contribution in [0, 0.1) is 11.8 Å². The second-order valence-electron chi connectivity index (χ2n) is 6.63. The molecule has 2 atom stereocenters. The number of aliphatic hydroxyl groups is 1. The van der Waals surface area contributed by atoms with Gasteiger partial charge in [-0.15, -0.1) is 0 Å². The Bertz CT molecular complexity index is 344. The second kappa shape index (κ2) is 12.5. The number of rotatable bonds is 12. The van der Waals surface area contributed by atoms with Crippen LogP contribution in [-0.2, 0) is 4.79 Å². The zero-order valence-electron chi connectivity index (χ0n) is 14.3. The lowest BCUT2D eigenvalue weighted by atomic mass is 9.91. The van der Waals surface area contributed by atoms with Gasteiger partial charge in [0.2, 0.25) is 0 Å². The third-order valence-electron chi connectivity index (χ3n) is 4.70. The van der Waals surface area contributed by atoms with Crippen molar-refractivity contribution < 1.29 is 9.90 Å². The average Bonchev–Trinajstić information content (AvgIpc) is 2.94. The molecule has 0 heterocycles. The number of hydrogen-bond donors (Lipinski definition) is 1. The fraction of sp³-hybridized carbons (Fsp3) is 0.750. The van der Waals surface area contributed by atoms with Crippen molar-refractivity contribution in [1.29, 1.82) is 0 Å². The molecule has 1 saturated carbocycles. The maximum absolute atomic E-state index is 10.3. The first-order chi connectivity index (χ1) is 10.8. The van der Waals surface area contributed by atoms with Crippen LogP contribution >= 0.6 is 0 Å². The summed E-state index contributed by atoms with van der Waals surface area (Å²) in [5.74, 6) is 1.78. The molecule has 0 aromatic carbocycles.